The average Bonchev–Trinajstić information content (AvgIpc) is 2.25. The molecule has 1 N–H and O–H groups in total. The summed E-state index contributed by atoms with van der Waals surface area (Å²) in [4.78, 5) is 7.18. The van der Waals surface area contributed by atoms with Crippen molar-refractivity contribution in [1.82, 2.24) is 4.98 Å². The van der Waals surface area contributed by atoms with Gasteiger partial charge in [0, 0.05) is 24.2 Å². The molecule has 0 aliphatic carbocycles. The van der Waals surface area contributed by atoms with Gasteiger partial charge in [-0.25, -0.2) is 4.98 Å². The Kier molecular flexibility index (Phi) is 3.59. The minimum absolute atomic E-state index is 0.284. The predicted molar refractivity (Wildman–Crippen MR) is 66.5 cm³/mol. The molecule has 1 saturated heterocycles. The van der Waals surface area contributed by atoms with Crippen LogP contribution in [0.4, 0.5) is 5.82 Å². The van der Waals surface area contributed by atoms with Crippen molar-refractivity contribution in [2.24, 2.45) is 0 Å². The van der Waals surface area contributed by atoms with E-state index in [0.717, 1.165) is 4.90 Å². The first-order valence-corrected chi connectivity index (χ1v) is 7.34. The van der Waals surface area contributed by atoms with Crippen LogP contribution in [0.25, 0.3) is 0 Å². The lowest BCUT2D eigenvalue weighted by atomic mass is 10.1. The zero-order valence-corrected chi connectivity index (χ0v) is 10.4. The van der Waals surface area contributed by atoms with E-state index in [0.29, 0.717) is 24.5 Å². The van der Waals surface area contributed by atoms with E-state index in [2.05, 4.69) is 11.1 Å². The first kappa shape index (κ1) is 11.6. The molecule has 0 atom stereocenters. The predicted octanol–water partition coefficient (Wildman–Crippen LogP) is 1.50. The van der Waals surface area contributed by atoms with Gasteiger partial charge in [0.2, 0.25) is 0 Å². The average molecular weight is 253 g/mol. The fourth-order valence-electron chi connectivity index (χ4n) is 1.54. The first-order valence-electron chi connectivity index (χ1n) is 4.78. The largest absolute Gasteiger partial charge is 0.389 e. The van der Waals surface area contributed by atoms with Gasteiger partial charge in [0.05, 0.1) is 11.7 Å². The van der Waals surface area contributed by atoms with Crippen LogP contribution in [0.5, 0.6) is 0 Å². The molecule has 2 rings (SSSR count). The molecule has 4 nitrogen and oxygen atoms in total. The topological polar surface area (TPSA) is 60.1 Å². The van der Waals surface area contributed by atoms with Crippen LogP contribution in [0.1, 0.15) is 5.56 Å². The van der Waals surface area contributed by atoms with Crippen molar-refractivity contribution in [3.8, 4) is 6.07 Å². The van der Waals surface area contributed by atoms with Crippen LogP contribution in [-0.4, -0.2) is 35.5 Å². The number of nitriles is 1. The first-order chi connectivity index (χ1) is 7.74. The van der Waals surface area contributed by atoms with Gasteiger partial charge in [-0.3, -0.25) is 0 Å². The Hall–Kier alpha value is -0.900. The number of anilines is 1. The molecule has 0 bridgehead atoms. The number of hydrogen-bond donors (Lipinski definition) is 1. The molecule has 1 fully saturated rings. The molecule has 1 aromatic heterocycles. The number of hydrogen-bond acceptors (Lipinski definition) is 6. The van der Waals surface area contributed by atoms with Crippen LogP contribution < -0.4 is 4.90 Å². The fourth-order valence-corrected chi connectivity index (χ4v) is 2.85. The number of aliphatic hydroxyl groups excluding tert-OH is 1. The van der Waals surface area contributed by atoms with Crippen LogP contribution in [0.3, 0.4) is 0 Å². The van der Waals surface area contributed by atoms with Crippen LogP contribution in [0.2, 0.25) is 0 Å². The third kappa shape index (κ3) is 2.26. The maximum Gasteiger partial charge on any atom is 0.146 e. The molecule has 1 aromatic rings. The van der Waals surface area contributed by atoms with Gasteiger partial charge in [0.15, 0.2) is 0 Å². The second-order valence-corrected chi connectivity index (χ2v) is 5.93. The molecule has 84 valence electrons. The van der Waals surface area contributed by atoms with Gasteiger partial charge in [-0.15, -0.1) is 0 Å². The maximum absolute atomic E-state index is 9.22. The molecular weight excluding hydrogens is 242 g/mol. The standard InChI is InChI=1S/C10H11N3OS2/c1-15-16-9-2-7(3-11)10(12-4-9)13-5-8(14)6-13/h2,4,8,14H,5-6H2,1H3. The Balaban J connectivity index is 2.22. The highest BCUT2D eigenvalue weighted by molar-refractivity contribution is 8.76. The second-order valence-electron chi connectivity index (χ2n) is 3.46. The van der Waals surface area contributed by atoms with E-state index in [1.807, 2.05) is 17.2 Å². The summed E-state index contributed by atoms with van der Waals surface area (Å²) in [5.74, 6) is 0.679. The van der Waals surface area contributed by atoms with E-state index in [1.54, 1.807) is 27.8 Å². The molecule has 0 amide bonds. The van der Waals surface area contributed by atoms with Crippen molar-refractivity contribution in [2.75, 3.05) is 24.2 Å². The number of β-amino-alcohol motifs (C(OH)–C–C–N with tert-alkyl or cyclic N) is 1. The molecular formula is C10H11N3OS2. The van der Waals surface area contributed by atoms with Gasteiger partial charge < -0.3 is 10.0 Å². The highest BCUT2D eigenvalue weighted by atomic mass is 33.1. The molecule has 1 aliphatic rings. The normalized spacial score (nSPS) is 15.7. The Morgan fingerprint density at radius 2 is 2.38 bits per heavy atom. The van der Waals surface area contributed by atoms with Crippen molar-refractivity contribution in [3.63, 3.8) is 0 Å². The zero-order chi connectivity index (χ0) is 11.5. The summed E-state index contributed by atoms with van der Waals surface area (Å²) >= 11 is 0. The third-order valence-electron chi connectivity index (χ3n) is 2.30. The molecule has 0 unspecified atom stereocenters. The lowest BCUT2D eigenvalue weighted by Gasteiger charge is -2.37. The van der Waals surface area contributed by atoms with Crippen molar-refractivity contribution in [2.45, 2.75) is 11.0 Å². The summed E-state index contributed by atoms with van der Waals surface area (Å²) in [6.45, 7) is 1.13. The molecule has 16 heavy (non-hydrogen) atoms. The van der Waals surface area contributed by atoms with Crippen LogP contribution in [0, 0.1) is 11.3 Å². The molecule has 1 aliphatic heterocycles. The molecule has 0 spiro atoms. The Morgan fingerprint density at radius 1 is 1.62 bits per heavy atom. The zero-order valence-electron chi connectivity index (χ0n) is 8.75. The summed E-state index contributed by atoms with van der Waals surface area (Å²) < 4.78 is 0. The smallest absolute Gasteiger partial charge is 0.146 e. The van der Waals surface area contributed by atoms with E-state index < -0.39 is 0 Å². The summed E-state index contributed by atoms with van der Waals surface area (Å²) in [6.07, 6.45) is 3.46. The Labute approximate surface area is 102 Å². The second kappa shape index (κ2) is 4.95. The highest BCUT2D eigenvalue weighted by Crippen LogP contribution is 2.31. The SMILES string of the molecule is CSSc1cnc(N2CC(O)C2)c(C#N)c1. The maximum atomic E-state index is 9.22. The van der Waals surface area contributed by atoms with Gasteiger partial charge in [-0.2, -0.15) is 5.26 Å². The van der Waals surface area contributed by atoms with Crippen molar-refractivity contribution < 1.29 is 5.11 Å². The fraction of sp³-hybridized carbons (Fsp3) is 0.400. The molecule has 0 saturated carbocycles. The number of rotatable bonds is 3. The summed E-state index contributed by atoms with van der Waals surface area (Å²) in [7, 11) is 3.21. The number of aromatic nitrogens is 1. The number of pyridine rings is 1. The Morgan fingerprint density at radius 3 is 2.94 bits per heavy atom. The van der Waals surface area contributed by atoms with Crippen LogP contribution in [0.15, 0.2) is 17.2 Å². The van der Waals surface area contributed by atoms with Gasteiger partial charge >= 0.3 is 0 Å². The number of nitrogens with zero attached hydrogens (tertiary/aromatic N) is 3. The van der Waals surface area contributed by atoms with E-state index in [1.165, 1.54) is 0 Å². The van der Waals surface area contributed by atoms with Crippen molar-refractivity contribution in [1.29, 1.82) is 5.26 Å². The van der Waals surface area contributed by atoms with E-state index >= 15 is 0 Å². The van der Waals surface area contributed by atoms with Crippen LogP contribution >= 0.6 is 21.6 Å². The third-order valence-corrected chi connectivity index (χ3v) is 3.96. The summed E-state index contributed by atoms with van der Waals surface area (Å²) in [5.41, 5.74) is 0.575. The molecule has 0 radical (unpaired) electrons. The van der Waals surface area contributed by atoms with E-state index in [-0.39, 0.29) is 6.10 Å². The lowest BCUT2D eigenvalue weighted by Crippen LogP contribution is -2.51. The lowest BCUT2D eigenvalue weighted by molar-refractivity contribution is 0.141. The van der Waals surface area contributed by atoms with Crippen LogP contribution in [-0.2, 0) is 0 Å². The van der Waals surface area contributed by atoms with Crippen molar-refractivity contribution in [3.05, 3.63) is 17.8 Å². The molecule has 6 heteroatoms. The highest BCUT2D eigenvalue weighted by Gasteiger charge is 2.27. The molecule has 0 aromatic carbocycles. The number of aliphatic hydroxyl groups is 1. The minimum Gasteiger partial charge on any atom is -0.389 e. The van der Waals surface area contributed by atoms with Gasteiger partial charge in [0.25, 0.3) is 0 Å². The minimum atomic E-state index is -0.284. The Bertz CT molecular complexity index is 427. The monoisotopic (exact) mass is 253 g/mol. The van der Waals surface area contributed by atoms with Crippen molar-refractivity contribution >= 4 is 27.4 Å². The van der Waals surface area contributed by atoms with E-state index in [9.17, 15) is 5.11 Å². The molecule has 2 heterocycles. The summed E-state index contributed by atoms with van der Waals surface area (Å²) in [5, 5.41) is 18.3. The summed E-state index contributed by atoms with van der Waals surface area (Å²) in [6, 6.07) is 3.99. The van der Waals surface area contributed by atoms with Gasteiger partial charge in [-0.1, -0.05) is 21.6 Å². The van der Waals surface area contributed by atoms with Gasteiger partial charge in [0.1, 0.15) is 11.9 Å². The van der Waals surface area contributed by atoms with E-state index in [4.69, 9.17) is 5.26 Å². The quantitative estimate of drug-likeness (QED) is 0.824. The van der Waals surface area contributed by atoms with Gasteiger partial charge in [-0.05, 0) is 12.3 Å².